The summed E-state index contributed by atoms with van der Waals surface area (Å²) in [6.45, 7) is -0.616. The van der Waals surface area contributed by atoms with Crippen LogP contribution in [0.25, 0.3) is 17.1 Å². The molecule has 1 aromatic heterocycles. The maximum Gasteiger partial charge on any atom is 0.336 e. The summed E-state index contributed by atoms with van der Waals surface area (Å²) in [6, 6.07) is 20.4. The van der Waals surface area contributed by atoms with Crippen LogP contribution in [0.3, 0.4) is 0 Å². The molecular formula is C27H22F2N4O5. The zero-order chi connectivity index (χ0) is 26.6. The van der Waals surface area contributed by atoms with Gasteiger partial charge in [-0.2, -0.15) is 4.98 Å². The fraction of sp³-hybridized carbons (Fsp3) is 0.185. The van der Waals surface area contributed by atoms with Gasteiger partial charge in [0.25, 0.3) is 18.2 Å². The Morgan fingerprint density at radius 1 is 0.842 bits per heavy atom. The molecule has 0 N–H and O–H groups in total. The molecule has 0 bridgehead atoms. The van der Waals surface area contributed by atoms with Gasteiger partial charge in [0.15, 0.2) is 12.4 Å². The fourth-order valence-corrected chi connectivity index (χ4v) is 3.98. The average molecular weight is 520 g/mol. The normalized spacial score (nSPS) is 12.7. The van der Waals surface area contributed by atoms with E-state index in [1.165, 1.54) is 4.68 Å². The van der Waals surface area contributed by atoms with Crippen molar-refractivity contribution in [2.75, 3.05) is 26.9 Å². The van der Waals surface area contributed by atoms with E-state index in [2.05, 4.69) is 10.1 Å². The number of fused-ring (bicyclic) bond motifs is 1. The third-order valence-corrected chi connectivity index (χ3v) is 5.82. The van der Waals surface area contributed by atoms with Crippen LogP contribution >= 0.6 is 0 Å². The maximum atomic E-state index is 12.7. The summed E-state index contributed by atoms with van der Waals surface area (Å²) >= 11 is 0. The van der Waals surface area contributed by atoms with E-state index in [1.54, 1.807) is 79.9 Å². The smallest absolute Gasteiger partial charge is 0.336 e. The molecule has 0 unspecified atom stereocenters. The zero-order valence-electron chi connectivity index (χ0n) is 20.2. The third-order valence-electron chi connectivity index (χ3n) is 5.82. The number of aromatic nitrogens is 3. The van der Waals surface area contributed by atoms with Crippen molar-refractivity contribution in [2.45, 2.75) is 6.43 Å². The van der Waals surface area contributed by atoms with Gasteiger partial charge in [-0.1, -0.05) is 12.1 Å². The molecule has 194 valence electrons. The van der Waals surface area contributed by atoms with Crippen LogP contribution in [0.2, 0.25) is 0 Å². The SMILES string of the molecule is COc1ccc(-n2nc(OCC(F)F)nc2-c2ccc(OCCN3C(=O)c4ccccc4C3=O)cc2)cc1. The largest absolute Gasteiger partial charge is 0.497 e. The molecule has 0 spiro atoms. The predicted molar refractivity (Wildman–Crippen MR) is 132 cm³/mol. The maximum absolute atomic E-state index is 12.7. The first-order chi connectivity index (χ1) is 18.4. The van der Waals surface area contributed by atoms with Crippen LogP contribution in [0.1, 0.15) is 20.7 Å². The van der Waals surface area contributed by atoms with Crippen molar-refractivity contribution >= 4 is 11.8 Å². The molecule has 38 heavy (non-hydrogen) atoms. The second kappa shape index (κ2) is 10.7. The Morgan fingerprint density at radius 3 is 2.08 bits per heavy atom. The quantitative estimate of drug-likeness (QED) is 0.288. The summed E-state index contributed by atoms with van der Waals surface area (Å²) < 4.78 is 42.8. The van der Waals surface area contributed by atoms with Gasteiger partial charge in [-0.3, -0.25) is 14.5 Å². The molecule has 2 heterocycles. The van der Waals surface area contributed by atoms with Gasteiger partial charge in [0, 0.05) is 5.56 Å². The Hall–Kier alpha value is -4.80. The van der Waals surface area contributed by atoms with Gasteiger partial charge in [-0.15, -0.1) is 5.10 Å². The number of halogens is 2. The number of nitrogens with zero attached hydrogens (tertiary/aromatic N) is 4. The number of amides is 2. The van der Waals surface area contributed by atoms with Crippen LogP contribution in [0, 0.1) is 0 Å². The van der Waals surface area contributed by atoms with E-state index in [1.807, 2.05) is 0 Å². The van der Waals surface area contributed by atoms with E-state index in [4.69, 9.17) is 14.2 Å². The van der Waals surface area contributed by atoms with Crippen molar-refractivity contribution in [3.63, 3.8) is 0 Å². The van der Waals surface area contributed by atoms with E-state index < -0.39 is 13.0 Å². The Labute approximate surface area is 216 Å². The van der Waals surface area contributed by atoms with E-state index in [9.17, 15) is 18.4 Å². The average Bonchev–Trinajstić information content (AvgIpc) is 3.48. The van der Waals surface area contributed by atoms with Crippen LogP contribution in [0.15, 0.2) is 72.8 Å². The minimum Gasteiger partial charge on any atom is -0.497 e. The van der Waals surface area contributed by atoms with Gasteiger partial charge >= 0.3 is 6.01 Å². The molecule has 2 amide bonds. The van der Waals surface area contributed by atoms with Crippen molar-refractivity contribution in [2.24, 2.45) is 0 Å². The highest BCUT2D eigenvalue weighted by molar-refractivity contribution is 6.21. The van der Waals surface area contributed by atoms with Gasteiger partial charge in [-0.05, 0) is 60.7 Å². The van der Waals surface area contributed by atoms with E-state index in [0.717, 1.165) is 4.90 Å². The number of ether oxygens (including phenoxy) is 3. The number of imide groups is 1. The molecule has 0 fully saturated rings. The molecule has 0 saturated heterocycles. The van der Waals surface area contributed by atoms with Crippen molar-refractivity contribution < 1.29 is 32.6 Å². The molecule has 1 aliphatic rings. The highest BCUT2D eigenvalue weighted by atomic mass is 19.3. The lowest BCUT2D eigenvalue weighted by atomic mass is 10.1. The van der Waals surface area contributed by atoms with Crippen molar-refractivity contribution in [3.05, 3.63) is 83.9 Å². The number of alkyl halides is 2. The molecule has 0 atom stereocenters. The monoisotopic (exact) mass is 520 g/mol. The van der Waals surface area contributed by atoms with Crippen LogP contribution in [0.5, 0.6) is 17.5 Å². The highest BCUT2D eigenvalue weighted by Gasteiger charge is 2.34. The fourth-order valence-electron chi connectivity index (χ4n) is 3.98. The topological polar surface area (TPSA) is 95.8 Å². The molecule has 4 aromatic rings. The third kappa shape index (κ3) is 5.03. The number of hydrogen-bond donors (Lipinski definition) is 0. The molecule has 3 aromatic carbocycles. The Bertz CT molecular complexity index is 1420. The summed E-state index contributed by atoms with van der Waals surface area (Å²) in [7, 11) is 1.55. The molecule has 0 radical (unpaired) electrons. The molecule has 9 nitrogen and oxygen atoms in total. The van der Waals surface area contributed by atoms with E-state index in [0.29, 0.717) is 39.7 Å². The standard InChI is InChI=1S/C27H22F2N4O5/c1-36-19-12-8-18(9-13-19)33-24(30-27(31-33)38-16-23(28)29)17-6-10-20(11-7-17)37-15-14-32-25(34)21-4-2-3-5-22(21)26(32)35/h2-13,23H,14-16H2,1H3. The molecule has 0 saturated carbocycles. The summed E-state index contributed by atoms with van der Waals surface area (Å²) in [4.78, 5) is 30.5. The first kappa shape index (κ1) is 24.9. The van der Waals surface area contributed by atoms with Gasteiger partial charge in [0.05, 0.1) is 30.5 Å². The molecule has 5 rings (SSSR count). The second-order valence-electron chi connectivity index (χ2n) is 8.21. The van der Waals surface area contributed by atoms with Crippen LogP contribution < -0.4 is 14.2 Å². The van der Waals surface area contributed by atoms with E-state index >= 15 is 0 Å². The zero-order valence-corrected chi connectivity index (χ0v) is 20.2. The minimum absolute atomic E-state index is 0.102. The van der Waals surface area contributed by atoms with Crippen molar-refractivity contribution in [1.82, 2.24) is 19.7 Å². The Balaban J connectivity index is 1.29. The molecular weight excluding hydrogens is 498 g/mol. The summed E-state index contributed by atoms with van der Waals surface area (Å²) in [5.41, 5.74) is 2.04. The predicted octanol–water partition coefficient (Wildman–Crippen LogP) is 4.26. The van der Waals surface area contributed by atoms with Crippen molar-refractivity contribution in [1.29, 1.82) is 0 Å². The summed E-state index contributed by atoms with van der Waals surface area (Å²) in [6.07, 6.45) is -2.66. The second-order valence-corrected chi connectivity index (χ2v) is 8.21. The first-order valence-corrected chi connectivity index (χ1v) is 11.7. The summed E-state index contributed by atoms with van der Waals surface area (Å²) in [5.74, 6) is 0.846. The van der Waals surface area contributed by atoms with Gasteiger partial charge in [-0.25, -0.2) is 13.5 Å². The Kier molecular flexibility index (Phi) is 6.98. The number of rotatable bonds is 10. The Morgan fingerprint density at radius 2 is 1.47 bits per heavy atom. The molecule has 0 aliphatic carbocycles. The lowest BCUT2D eigenvalue weighted by Gasteiger charge is -2.14. The number of hydrogen-bond acceptors (Lipinski definition) is 7. The molecule has 1 aliphatic heterocycles. The lowest BCUT2D eigenvalue weighted by Crippen LogP contribution is -2.33. The highest BCUT2D eigenvalue weighted by Crippen LogP contribution is 2.27. The van der Waals surface area contributed by atoms with Crippen LogP contribution in [-0.2, 0) is 0 Å². The van der Waals surface area contributed by atoms with Crippen molar-refractivity contribution in [3.8, 4) is 34.6 Å². The van der Waals surface area contributed by atoms with Gasteiger partial charge in [0.1, 0.15) is 18.1 Å². The molecule has 11 heteroatoms. The van der Waals surface area contributed by atoms with Crippen LogP contribution in [0.4, 0.5) is 8.78 Å². The van der Waals surface area contributed by atoms with Gasteiger partial charge < -0.3 is 14.2 Å². The minimum atomic E-state index is -2.66. The number of methoxy groups -OCH3 is 1. The van der Waals surface area contributed by atoms with Gasteiger partial charge in [0.2, 0.25) is 0 Å². The number of carbonyl (C=O) groups excluding carboxylic acids is 2. The lowest BCUT2D eigenvalue weighted by molar-refractivity contribution is 0.0631. The van der Waals surface area contributed by atoms with E-state index in [-0.39, 0.29) is 31.0 Å². The van der Waals surface area contributed by atoms with Crippen LogP contribution in [-0.4, -0.2) is 64.8 Å². The number of benzene rings is 3. The first-order valence-electron chi connectivity index (χ1n) is 11.7. The number of carbonyl (C=O) groups is 2. The summed E-state index contributed by atoms with van der Waals surface area (Å²) in [5, 5.41) is 4.24.